The summed E-state index contributed by atoms with van der Waals surface area (Å²) in [5.74, 6) is -0.529. The smallest absolute Gasteiger partial charge is 0.362 e. The zero-order valence-corrected chi connectivity index (χ0v) is 15.6. The fourth-order valence-corrected chi connectivity index (χ4v) is 2.52. The number of anilines is 1. The summed E-state index contributed by atoms with van der Waals surface area (Å²) in [5, 5.41) is 5.12. The maximum atomic E-state index is 12.8. The average molecular weight is 426 g/mol. The van der Waals surface area contributed by atoms with Gasteiger partial charge >= 0.3 is 6.18 Å². The molecule has 2 rings (SSSR count). The van der Waals surface area contributed by atoms with Gasteiger partial charge in [-0.3, -0.25) is 4.79 Å². The van der Waals surface area contributed by atoms with Gasteiger partial charge < -0.3 is 10.6 Å². The molecule has 0 saturated heterocycles. The number of carbonyl (C=O) groups is 1. The molecule has 0 aliphatic rings. The molecule has 3 nitrogen and oxygen atoms in total. The Bertz CT molecular complexity index is 791. The Morgan fingerprint density at radius 2 is 1.69 bits per heavy atom. The molecule has 2 N–H and O–H groups in total. The summed E-state index contributed by atoms with van der Waals surface area (Å²) in [5.41, 5.74) is 0.238. The molecular weight excluding hydrogens is 412 g/mol. The number of alkyl halides is 6. The van der Waals surface area contributed by atoms with Crippen LogP contribution < -0.4 is 10.6 Å². The molecule has 0 spiro atoms. The molecule has 0 bridgehead atoms. The standard InChI is InChI=1S/C17H14Cl3F3N2O/c1-10-5-2-3-8-13(10)14(26)25-15(16(18,19)20)24-12-7-4-6-11(9-12)17(21,22)23/h2-9,15,24H,1H3,(H,25,26)/t15-/m1/s1. The van der Waals surface area contributed by atoms with Gasteiger partial charge in [-0.1, -0.05) is 59.1 Å². The van der Waals surface area contributed by atoms with Gasteiger partial charge in [0.25, 0.3) is 5.91 Å². The molecule has 0 saturated carbocycles. The zero-order chi connectivity index (χ0) is 19.5. The van der Waals surface area contributed by atoms with Crippen molar-refractivity contribution in [1.82, 2.24) is 5.32 Å². The Labute approximate surface area is 163 Å². The van der Waals surface area contributed by atoms with Gasteiger partial charge in [0.1, 0.15) is 6.17 Å². The topological polar surface area (TPSA) is 41.1 Å². The summed E-state index contributed by atoms with van der Waals surface area (Å²) in [6, 6.07) is 11.1. The predicted octanol–water partition coefficient (Wildman–Crippen LogP) is 5.55. The lowest BCUT2D eigenvalue weighted by Crippen LogP contribution is -2.49. The van der Waals surface area contributed by atoms with Crippen LogP contribution in [0.15, 0.2) is 48.5 Å². The largest absolute Gasteiger partial charge is 0.416 e. The first-order valence-corrected chi connectivity index (χ1v) is 8.49. The van der Waals surface area contributed by atoms with Crippen molar-refractivity contribution in [2.45, 2.75) is 23.1 Å². The summed E-state index contributed by atoms with van der Waals surface area (Å²) in [6.45, 7) is 1.74. The molecular formula is C17H14Cl3F3N2O. The number of hydrogen-bond acceptors (Lipinski definition) is 2. The average Bonchev–Trinajstić information content (AvgIpc) is 2.53. The number of aryl methyl sites for hydroxylation is 1. The highest BCUT2D eigenvalue weighted by atomic mass is 35.6. The normalized spacial score (nSPS) is 13.2. The summed E-state index contributed by atoms with van der Waals surface area (Å²) < 4.78 is 36.5. The fourth-order valence-electron chi connectivity index (χ4n) is 2.19. The molecule has 0 fully saturated rings. The third-order valence-corrected chi connectivity index (χ3v) is 4.15. The van der Waals surface area contributed by atoms with Crippen LogP contribution in [0.2, 0.25) is 0 Å². The van der Waals surface area contributed by atoms with Crippen molar-refractivity contribution in [3.63, 3.8) is 0 Å². The first-order valence-electron chi connectivity index (χ1n) is 7.35. The quantitative estimate of drug-likeness (QED) is 0.498. The van der Waals surface area contributed by atoms with Gasteiger partial charge in [-0.2, -0.15) is 13.2 Å². The number of amides is 1. The minimum absolute atomic E-state index is 0.0428. The molecule has 9 heteroatoms. The Kier molecular flexibility index (Phi) is 6.32. The maximum absolute atomic E-state index is 12.8. The summed E-state index contributed by atoms with van der Waals surface area (Å²) in [6.07, 6.45) is -5.78. The van der Waals surface area contributed by atoms with Crippen LogP contribution in [-0.2, 0) is 6.18 Å². The molecule has 1 atom stereocenters. The lowest BCUT2D eigenvalue weighted by atomic mass is 10.1. The van der Waals surface area contributed by atoms with Crippen LogP contribution in [0.3, 0.4) is 0 Å². The molecule has 2 aromatic rings. The van der Waals surface area contributed by atoms with Crippen LogP contribution >= 0.6 is 34.8 Å². The molecule has 2 aromatic carbocycles. The second-order valence-electron chi connectivity index (χ2n) is 5.49. The van der Waals surface area contributed by atoms with Crippen LogP contribution in [0.5, 0.6) is 0 Å². The Hall–Kier alpha value is -1.63. The first kappa shape index (κ1) is 20.7. The molecule has 26 heavy (non-hydrogen) atoms. The number of nitrogens with one attached hydrogen (secondary N) is 2. The van der Waals surface area contributed by atoms with Crippen LogP contribution in [0.25, 0.3) is 0 Å². The van der Waals surface area contributed by atoms with Crippen molar-refractivity contribution in [2.24, 2.45) is 0 Å². The van der Waals surface area contributed by atoms with Gasteiger partial charge in [-0.15, -0.1) is 0 Å². The highest BCUT2D eigenvalue weighted by molar-refractivity contribution is 6.68. The fraction of sp³-hybridized carbons (Fsp3) is 0.235. The van der Waals surface area contributed by atoms with Gasteiger partial charge in [-0.25, -0.2) is 0 Å². The van der Waals surface area contributed by atoms with E-state index in [4.69, 9.17) is 34.8 Å². The van der Waals surface area contributed by atoms with Crippen molar-refractivity contribution in [2.75, 3.05) is 5.32 Å². The molecule has 0 radical (unpaired) electrons. The number of carbonyl (C=O) groups excluding carboxylic acids is 1. The minimum atomic E-state index is -4.52. The molecule has 0 aromatic heterocycles. The Morgan fingerprint density at radius 3 is 2.27 bits per heavy atom. The van der Waals surface area contributed by atoms with Gasteiger partial charge in [0.2, 0.25) is 3.79 Å². The SMILES string of the molecule is Cc1ccccc1C(=O)N[C@@H](Nc1cccc(C(F)(F)F)c1)C(Cl)(Cl)Cl. The Balaban J connectivity index is 2.24. The lowest BCUT2D eigenvalue weighted by Gasteiger charge is -2.28. The third kappa shape index (κ3) is 5.43. The van der Waals surface area contributed by atoms with E-state index in [1.54, 1.807) is 31.2 Å². The maximum Gasteiger partial charge on any atom is 0.416 e. The van der Waals surface area contributed by atoms with Crippen LogP contribution in [-0.4, -0.2) is 15.9 Å². The van der Waals surface area contributed by atoms with Gasteiger partial charge in [0.15, 0.2) is 0 Å². The summed E-state index contributed by atoms with van der Waals surface area (Å²) in [4.78, 5) is 12.4. The van der Waals surface area contributed by atoms with E-state index >= 15 is 0 Å². The Morgan fingerprint density at radius 1 is 1.04 bits per heavy atom. The predicted molar refractivity (Wildman–Crippen MR) is 97.8 cm³/mol. The van der Waals surface area contributed by atoms with Crippen molar-refractivity contribution in [3.05, 3.63) is 65.2 Å². The van der Waals surface area contributed by atoms with Crippen molar-refractivity contribution < 1.29 is 18.0 Å². The highest BCUT2D eigenvalue weighted by Crippen LogP contribution is 2.34. The van der Waals surface area contributed by atoms with Crippen LogP contribution in [0.1, 0.15) is 21.5 Å². The summed E-state index contributed by atoms with van der Waals surface area (Å²) >= 11 is 17.6. The van der Waals surface area contributed by atoms with E-state index in [0.29, 0.717) is 11.1 Å². The van der Waals surface area contributed by atoms with E-state index in [9.17, 15) is 18.0 Å². The van der Waals surface area contributed by atoms with E-state index < -0.39 is 27.6 Å². The molecule has 0 aliphatic heterocycles. The van der Waals surface area contributed by atoms with Crippen molar-refractivity contribution >= 4 is 46.4 Å². The zero-order valence-electron chi connectivity index (χ0n) is 13.4. The second-order valence-corrected chi connectivity index (χ2v) is 7.85. The minimum Gasteiger partial charge on any atom is -0.362 e. The second kappa shape index (κ2) is 7.94. The lowest BCUT2D eigenvalue weighted by molar-refractivity contribution is -0.137. The molecule has 140 valence electrons. The van der Waals surface area contributed by atoms with Gasteiger partial charge in [-0.05, 0) is 36.8 Å². The number of halogens is 6. The van der Waals surface area contributed by atoms with E-state index in [-0.39, 0.29) is 5.69 Å². The van der Waals surface area contributed by atoms with Crippen LogP contribution in [0, 0.1) is 6.92 Å². The monoisotopic (exact) mass is 424 g/mol. The van der Waals surface area contributed by atoms with E-state index in [1.807, 2.05) is 0 Å². The van der Waals surface area contributed by atoms with Gasteiger partial charge in [0.05, 0.1) is 5.56 Å². The third-order valence-electron chi connectivity index (χ3n) is 3.49. The first-order chi connectivity index (χ1) is 12.0. The van der Waals surface area contributed by atoms with E-state index in [0.717, 1.165) is 12.1 Å². The molecule has 0 unspecified atom stereocenters. The number of benzene rings is 2. The number of rotatable bonds is 4. The van der Waals surface area contributed by atoms with Crippen LogP contribution in [0.4, 0.5) is 18.9 Å². The van der Waals surface area contributed by atoms with Crippen molar-refractivity contribution in [1.29, 1.82) is 0 Å². The molecule has 1 amide bonds. The molecule has 0 heterocycles. The van der Waals surface area contributed by atoms with Gasteiger partial charge in [0, 0.05) is 11.3 Å². The van der Waals surface area contributed by atoms with E-state index in [1.165, 1.54) is 12.1 Å². The van der Waals surface area contributed by atoms with Crippen molar-refractivity contribution in [3.8, 4) is 0 Å². The molecule has 0 aliphatic carbocycles. The highest BCUT2D eigenvalue weighted by Gasteiger charge is 2.35. The van der Waals surface area contributed by atoms with E-state index in [2.05, 4.69) is 10.6 Å². The summed E-state index contributed by atoms with van der Waals surface area (Å²) in [7, 11) is 0. The number of hydrogen-bond donors (Lipinski definition) is 2.